The van der Waals surface area contributed by atoms with E-state index in [1.165, 1.54) is 36.1 Å². The number of fused-ring (bicyclic) bond motifs is 2. The number of aromatic nitrogens is 1. The molecule has 1 aliphatic carbocycles. The second-order valence-electron chi connectivity index (χ2n) is 5.14. The molecule has 1 aromatic heterocycles. The van der Waals surface area contributed by atoms with Crippen molar-refractivity contribution >= 4 is 16.6 Å². The van der Waals surface area contributed by atoms with Crippen LogP contribution in [0.25, 0.3) is 10.9 Å². The number of anilines is 1. The number of hydrazine groups is 1. The van der Waals surface area contributed by atoms with Crippen LogP contribution in [0.15, 0.2) is 18.2 Å². The molecule has 3 rings (SSSR count). The van der Waals surface area contributed by atoms with Crippen LogP contribution in [0.5, 0.6) is 0 Å². The van der Waals surface area contributed by atoms with E-state index in [0.29, 0.717) is 0 Å². The molecule has 3 heteroatoms. The maximum absolute atomic E-state index is 5.76. The quantitative estimate of drug-likeness (QED) is 0.458. The third kappa shape index (κ3) is 1.85. The number of nitrogen functional groups attached to an aromatic ring is 1. The van der Waals surface area contributed by atoms with Crippen LogP contribution in [-0.4, -0.2) is 4.98 Å². The molecular weight excluding hydrogens is 222 g/mol. The van der Waals surface area contributed by atoms with Gasteiger partial charge in [-0.2, -0.15) is 0 Å². The van der Waals surface area contributed by atoms with Gasteiger partial charge in [0.05, 0.1) is 11.2 Å². The summed E-state index contributed by atoms with van der Waals surface area (Å²) >= 11 is 0. The van der Waals surface area contributed by atoms with Crippen molar-refractivity contribution in [1.29, 1.82) is 0 Å². The van der Waals surface area contributed by atoms with Gasteiger partial charge in [0.2, 0.25) is 0 Å². The van der Waals surface area contributed by atoms with Crippen LogP contribution in [0, 0.1) is 6.92 Å². The average molecular weight is 241 g/mol. The molecule has 3 N–H and O–H groups in total. The van der Waals surface area contributed by atoms with Gasteiger partial charge in [0, 0.05) is 11.1 Å². The Morgan fingerprint density at radius 1 is 1.17 bits per heavy atom. The first-order chi connectivity index (χ1) is 8.79. The molecule has 0 bridgehead atoms. The van der Waals surface area contributed by atoms with Gasteiger partial charge in [-0.05, 0) is 50.3 Å². The number of nitrogens with zero attached hydrogens (tertiary/aromatic N) is 1. The maximum atomic E-state index is 5.76. The molecule has 0 radical (unpaired) electrons. The SMILES string of the molecule is Cc1ccc2nc3c(c(NN)c2c1)CCCCC3. The predicted octanol–water partition coefficient (Wildman–Crippen LogP) is 3.10. The summed E-state index contributed by atoms with van der Waals surface area (Å²) in [5, 5.41) is 1.15. The van der Waals surface area contributed by atoms with E-state index in [1.807, 2.05) is 0 Å². The third-order valence-electron chi connectivity index (χ3n) is 3.81. The first-order valence-corrected chi connectivity index (χ1v) is 6.68. The summed E-state index contributed by atoms with van der Waals surface area (Å²) in [7, 11) is 0. The van der Waals surface area contributed by atoms with E-state index in [1.54, 1.807) is 0 Å². The third-order valence-corrected chi connectivity index (χ3v) is 3.81. The Morgan fingerprint density at radius 3 is 2.83 bits per heavy atom. The summed E-state index contributed by atoms with van der Waals surface area (Å²) < 4.78 is 0. The number of aryl methyl sites for hydroxylation is 2. The van der Waals surface area contributed by atoms with Gasteiger partial charge in [-0.1, -0.05) is 18.1 Å². The van der Waals surface area contributed by atoms with Crippen molar-refractivity contribution in [3.63, 3.8) is 0 Å². The molecule has 18 heavy (non-hydrogen) atoms. The Hall–Kier alpha value is -1.61. The minimum atomic E-state index is 1.05. The highest BCUT2D eigenvalue weighted by Gasteiger charge is 2.16. The summed E-state index contributed by atoms with van der Waals surface area (Å²) in [6.07, 6.45) is 5.93. The fourth-order valence-corrected chi connectivity index (χ4v) is 2.88. The number of nitrogens with two attached hydrogens (primary N) is 1. The lowest BCUT2D eigenvalue weighted by Crippen LogP contribution is -2.12. The van der Waals surface area contributed by atoms with Gasteiger partial charge in [0.25, 0.3) is 0 Å². The molecule has 1 aromatic carbocycles. The Labute approximate surface area is 107 Å². The van der Waals surface area contributed by atoms with Crippen molar-refractivity contribution < 1.29 is 0 Å². The summed E-state index contributed by atoms with van der Waals surface area (Å²) in [6.45, 7) is 2.10. The van der Waals surface area contributed by atoms with E-state index in [9.17, 15) is 0 Å². The van der Waals surface area contributed by atoms with Crippen molar-refractivity contribution in [2.75, 3.05) is 5.43 Å². The second-order valence-corrected chi connectivity index (χ2v) is 5.14. The van der Waals surface area contributed by atoms with Crippen LogP contribution in [0.3, 0.4) is 0 Å². The zero-order valence-electron chi connectivity index (χ0n) is 10.8. The number of pyridine rings is 1. The van der Waals surface area contributed by atoms with Crippen LogP contribution in [0.2, 0.25) is 0 Å². The van der Waals surface area contributed by atoms with Crippen LogP contribution < -0.4 is 11.3 Å². The van der Waals surface area contributed by atoms with E-state index >= 15 is 0 Å². The number of hydrogen-bond donors (Lipinski definition) is 2. The molecule has 1 aliphatic rings. The average Bonchev–Trinajstić information content (AvgIpc) is 2.61. The zero-order chi connectivity index (χ0) is 12.5. The Kier molecular flexibility index (Phi) is 2.92. The molecule has 0 fully saturated rings. The van der Waals surface area contributed by atoms with Gasteiger partial charge in [0.15, 0.2) is 0 Å². The normalized spacial score (nSPS) is 15.2. The standard InChI is InChI=1S/C15H19N3/c1-10-7-8-14-12(9-10)15(18-16)11-5-3-2-4-6-13(11)17-14/h7-9H,2-6,16H2,1H3,(H,17,18). The minimum absolute atomic E-state index is 1.05. The summed E-state index contributed by atoms with van der Waals surface area (Å²) in [6, 6.07) is 6.37. The van der Waals surface area contributed by atoms with E-state index in [-0.39, 0.29) is 0 Å². The Bertz CT molecular complexity index is 590. The van der Waals surface area contributed by atoms with E-state index in [0.717, 1.165) is 29.4 Å². The molecule has 0 spiro atoms. The Morgan fingerprint density at radius 2 is 2.00 bits per heavy atom. The Balaban J connectivity index is 2.31. The fraction of sp³-hybridized carbons (Fsp3) is 0.400. The second kappa shape index (κ2) is 4.58. The molecule has 0 amide bonds. The maximum Gasteiger partial charge on any atom is 0.0726 e. The lowest BCUT2D eigenvalue weighted by molar-refractivity contribution is 0.709. The van der Waals surface area contributed by atoms with Crippen molar-refractivity contribution in [2.45, 2.75) is 39.0 Å². The lowest BCUT2D eigenvalue weighted by atomic mass is 10.0. The molecule has 0 saturated heterocycles. The van der Waals surface area contributed by atoms with Crippen molar-refractivity contribution in [2.24, 2.45) is 5.84 Å². The highest BCUT2D eigenvalue weighted by atomic mass is 15.2. The van der Waals surface area contributed by atoms with Crippen LogP contribution in [0.4, 0.5) is 5.69 Å². The molecular formula is C15H19N3. The highest BCUT2D eigenvalue weighted by molar-refractivity contribution is 5.93. The van der Waals surface area contributed by atoms with Crippen LogP contribution in [-0.2, 0) is 12.8 Å². The van der Waals surface area contributed by atoms with E-state index in [4.69, 9.17) is 10.8 Å². The summed E-state index contributed by atoms with van der Waals surface area (Å²) in [5.74, 6) is 5.76. The van der Waals surface area contributed by atoms with Crippen molar-refractivity contribution in [3.05, 3.63) is 35.0 Å². The van der Waals surface area contributed by atoms with Crippen LogP contribution >= 0.6 is 0 Å². The van der Waals surface area contributed by atoms with Gasteiger partial charge in [-0.15, -0.1) is 0 Å². The number of nitrogens with one attached hydrogen (secondary N) is 1. The first-order valence-electron chi connectivity index (χ1n) is 6.68. The number of rotatable bonds is 1. The number of benzene rings is 1. The molecule has 1 heterocycles. The van der Waals surface area contributed by atoms with Gasteiger partial charge < -0.3 is 5.43 Å². The lowest BCUT2D eigenvalue weighted by Gasteiger charge is -2.15. The molecule has 3 nitrogen and oxygen atoms in total. The predicted molar refractivity (Wildman–Crippen MR) is 75.5 cm³/mol. The molecule has 0 saturated carbocycles. The molecule has 0 atom stereocenters. The first kappa shape index (κ1) is 11.5. The van der Waals surface area contributed by atoms with Crippen LogP contribution in [0.1, 0.15) is 36.1 Å². The number of hydrogen-bond acceptors (Lipinski definition) is 3. The fourth-order valence-electron chi connectivity index (χ4n) is 2.88. The molecule has 2 aromatic rings. The van der Waals surface area contributed by atoms with Gasteiger partial charge >= 0.3 is 0 Å². The van der Waals surface area contributed by atoms with Crippen molar-refractivity contribution in [1.82, 2.24) is 4.98 Å². The topological polar surface area (TPSA) is 50.9 Å². The van der Waals surface area contributed by atoms with Gasteiger partial charge in [-0.3, -0.25) is 10.8 Å². The van der Waals surface area contributed by atoms with Gasteiger partial charge in [-0.25, -0.2) is 0 Å². The highest BCUT2D eigenvalue weighted by Crippen LogP contribution is 2.32. The van der Waals surface area contributed by atoms with Gasteiger partial charge in [0.1, 0.15) is 0 Å². The summed E-state index contributed by atoms with van der Waals surface area (Å²) in [4.78, 5) is 4.83. The van der Waals surface area contributed by atoms with E-state index in [2.05, 4.69) is 30.5 Å². The van der Waals surface area contributed by atoms with Crippen molar-refractivity contribution in [3.8, 4) is 0 Å². The summed E-state index contributed by atoms with van der Waals surface area (Å²) in [5.41, 5.74) is 8.85. The molecule has 0 unspecified atom stereocenters. The van der Waals surface area contributed by atoms with E-state index < -0.39 is 0 Å². The largest absolute Gasteiger partial charge is 0.323 e. The monoisotopic (exact) mass is 241 g/mol. The minimum Gasteiger partial charge on any atom is -0.323 e. The zero-order valence-corrected chi connectivity index (χ0v) is 10.8. The molecule has 94 valence electrons. The smallest absolute Gasteiger partial charge is 0.0726 e. The molecule has 0 aliphatic heterocycles.